The third-order valence-electron chi connectivity index (χ3n) is 1.99. The Morgan fingerprint density at radius 3 is 3.00 bits per heavy atom. The number of hydrogen-bond acceptors (Lipinski definition) is 5. The zero-order valence-electron chi connectivity index (χ0n) is 8.15. The average Bonchev–Trinajstić information content (AvgIpc) is 2.87. The first-order valence-corrected chi connectivity index (χ1v) is 5.39. The Hall–Kier alpha value is -1.73. The summed E-state index contributed by atoms with van der Waals surface area (Å²) in [6.07, 6.45) is 0.599. The van der Waals surface area contributed by atoms with Crippen LogP contribution >= 0.6 is 11.3 Å². The summed E-state index contributed by atoms with van der Waals surface area (Å²) in [6.45, 7) is 0.195. The molecule has 2 aromatic heterocycles. The SMILES string of the molecule is O=C(O)c1cn(CC(O)c2cccs2)nn1. The van der Waals surface area contributed by atoms with Crippen LogP contribution in [0.2, 0.25) is 0 Å². The van der Waals surface area contributed by atoms with Crippen LogP contribution in [-0.4, -0.2) is 31.2 Å². The molecule has 0 bridgehead atoms. The third-order valence-corrected chi connectivity index (χ3v) is 2.96. The Kier molecular flexibility index (Phi) is 2.97. The number of thiophene rings is 1. The number of nitrogens with zero attached hydrogens (tertiary/aromatic N) is 3. The van der Waals surface area contributed by atoms with Crippen LogP contribution < -0.4 is 0 Å². The maximum absolute atomic E-state index is 10.6. The quantitative estimate of drug-likeness (QED) is 0.822. The van der Waals surface area contributed by atoms with E-state index < -0.39 is 12.1 Å². The largest absolute Gasteiger partial charge is 0.476 e. The standard InChI is InChI=1S/C9H9N3O3S/c13-7(8-2-1-3-16-8)5-12-4-6(9(14)15)10-11-12/h1-4,7,13H,5H2,(H,14,15). The Morgan fingerprint density at radius 2 is 2.44 bits per heavy atom. The Bertz CT molecular complexity index is 480. The predicted molar refractivity (Wildman–Crippen MR) is 56.3 cm³/mol. The number of carboxylic acids is 1. The molecular weight excluding hydrogens is 230 g/mol. The first-order chi connectivity index (χ1) is 7.66. The lowest BCUT2D eigenvalue weighted by Gasteiger charge is -2.06. The first kappa shape index (κ1) is 10.8. The predicted octanol–water partition coefficient (Wildman–Crippen LogP) is 0.771. The topological polar surface area (TPSA) is 88.2 Å². The number of carbonyl (C=O) groups is 1. The lowest BCUT2D eigenvalue weighted by atomic mass is 10.3. The summed E-state index contributed by atoms with van der Waals surface area (Å²) in [6, 6.07) is 3.65. The summed E-state index contributed by atoms with van der Waals surface area (Å²) in [5.41, 5.74) is -0.127. The van der Waals surface area contributed by atoms with E-state index in [0.717, 1.165) is 4.88 Å². The van der Waals surface area contributed by atoms with E-state index in [9.17, 15) is 9.90 Å². The molecule has 0 fully saturated rings. The molecule has 2 heterocycles. The fourth-order valence-corrected chi connectivity index (χ4v) is 1.94. The Labute approximate surface area is 94.8 Å². The number of rotatable bonds is 4. The fourth-order valence-electron chi connectivity index (χ4n) is 1.23. The molecule has 6 nitrogen and oxygen atoms in total. The summed E-state index contributed by atoms with van der Waals surface area (Å²) in [7, 11) is 0. The fraction of sp³-hybridized carbons (Fsp3) is 0.222. The van der Waals surface area contributed by atoms with E-state index >= 15 is 0 Å². The van der Waals surface area contributed by atoms with Gasteiger partial charge >= 0.3 is 5.97 Å². The monoisotopic (exact) mass is 239 g/mol. The molecule has 0 aliphatic heterocycles. The number of aromatic nitrogens is 3. The molecule has 0 aliphatic rings. The first-order valence-electron chi connectivity index (χ1n) is 4.51. The Balaban J connectivity index is 2.06. The van der Waals surface area contributed by atoms with Crippen molar-refractivity contribution in [3.63, 3.8) is 0 Å². The van der Waals surface area contributed by atoms with Crippen LogP contribution in [0.4, 0.5) is 0 Å². The highest BCUT2D eigenvalue weighted by atomic mass is 32.1. The van der Waals surface area contributed by atoms with Crippen molar-refractivity contribution in [1.29, 1.82) is 0 Å². The Morgan fingerprint density at radius 1 is 1.62 bits per heavy atom. The van der Waals surface area contributed by atoms with Crippen LogP contribution in [0.25, 0.3) is 0 Å². The highest BCUT2D eigenvalue weighted by Gasteiger charge is 2.13. The molecule has 0 saturated heterocycles. The molecule has 0 aliphatic carbocycles. The average molecular weight is 239 g/mol. The molecule has 2 aromatic rings. The minimum absolute atomic E-state index is 0.127. The van der Waals surface area contributed by atoms with Gasteiger partial charge in [-0.1, -0.05) is 11.3 Å². The molecule has 2 rings (SSSR count). The van der Waals surface area contributed by atoms with E-state index in [1.807, 2.05) is 17.5 Å². The van der Waals surface area contributed by atoms with E-state index in [1.165, 1.54) is 22.2 Å². The van der Waals surface area contributed by atoms with Gasteiger partial charge < -0.3 is 10.2 Å². The second-order valence-electron chi connectivity index (χ2n) is 3.16. The van der Waals surface area contributed by atoms with Crippen molar-refractivity contribution >= 4 is 17.3 Å². The molecular formula is C9H9N3O3S. The van der Waals surface area contributed by atoms with Gasteiger partial charge in [0.05, 0.1) is 12.7 Å². The number of carboxylic acid groups (broad SMARTS) is 1. The minimum Gasteiger partial charge on any atom is -0.476 e. The number of hydrogen-bond donors (Lipinski definition) is 2. The van der Waals surface area contributed by atoms with Gasteiger partial charge in [-0.05, 0) is 11.4 Å². The van der Waals surface area contributed by atoms with Crippen LogP contribution in [0.5, 0.6) is 0 Å². The maximum atomic E-state index is 10.6. The molecule has 0 amide bonds. The number of aliphatic hydroxyl groups is 1. The molecule has 1 unspecified atom stereocenters. The lowest BCUT2D eigenvalue weighted by molar-refractivity contribution is 0.0690. The minimum atomic E-state index is -1.13. The van der Waals surface area contributed by atoms with Crippen molar-refractivity contribution in [3.8, 4) is 0 Å². The zero-order chi connectivity index (χ0) is 11.5. The second-order valence-corrected chi connectivity index (χ2v) is 4.14. The normalized spacial score (nSPS) is 12.6. The zero-order valence-corrected chi connectivity index (χ0v) is 8.96. The highest BCUT2D eigenvalue weighted by molar-refractivity contribution is 7.10. The summed E-state index contributed by atoms with van der Waals surface area (Å²) in [5.74, 6) is -1.13. The van der Waals surface area contributed by atoms with Crippen LogP contribution in [0.3, 0.4) is 0 Å². The van der Waals surface area contributed by atoms with Crippen molar-refractivity contribution < 1.29 is 15.0 Å². The maximum Gasteiger partial charge on any atom is 0.358 e. The molecule has 1 atom stereocenters. The van der Waals surface area contributed by atoms with E-state index in [2.05, 4.69) is 10.3 Å². The van der Waals surface area contributed by atoms with Crippen molar-refractivity contribution in [3.05, 3.63) is 34.3 Å². The van der Waals surface area contributed by atoms with Gasteiger partial charge in [-0.3, -0.25) is 0 Å². The van der Waals surface area contributed by atoms with Crippen LogP contribution in [0, 0.1) is 0 Å². The molecule has 2 N–H and O–H groups in total. The van der Waals surface area contributed by atoms with Gasteiger partial charge in [-0.2, -0.15) is 0 Å². The highest BCUT2D eigenvalue weighted by Crippen LogP contribution is 2.19. The molecule has 0 aromatic carbocycles. The lowest BCUT2D eigenvalue weighted by Crippen LogP contribution is -2.08. The van der Waals surface area contributed by atoms with Crippen LogP contribution in [0.1, 0.15) is 21.5 Å². The van der Waals surface area contributed by atoms with Gasteiger partial charge in [0.25, 0.3) is 0 Å². The second kappa shape index (κ2) is 4.42. The van der Waals surface area contributed by atoms with Crippen LogP contribution in [0.15, 0.2) is 23.7 Å². The van der Waals surface area contributed by atoms with E-state index in [0.29, 0.717) is 0 Å². The smallest absolute Gasteiger partial charge is 0.358 e. The summed E-state index contributed by atoms with van der Waals surface area (Å²) < 4.78 is 1.31. The van der Waals surface area contributed by atoms with Crippen molar-refractivity contribution in [2.75, 3.05) is 0 Å². The van der Waals surface area contributed by atoms with Gasteiger partial charge in [-0.25, -0.2) is 9.48 Å². The van der Waals surface area contributed by atoms with E-state index in [1.54, 1.807) is 0 Å². The van der Waals surface area contributed by atoms with Gasteiger partial charge in [0, 0.05) is 4.88 Å². The van der Waals surface area contributed by atoms with E-state index in [-0.39, 0.29) is 12.2 Å². The molecule has 84 valence electrons. The van der Waals surface area contributed by atoms with Gasteiger partial charge in [0.15, 0.2) is 5.69 Å². The molecule has 7 heteroatoms. The summed E-state index contributed by atoms with van der Waals surface area (Å²) >= 11 is 1.44. The van der Waals surface area contributed by atoms with Gasteiger partial charge in [0.2, 0.25) is 0 Å². The van der Waals surface area contributed by atoms with Crippen molar-refractivity contribution in [2.24, 2.45) is 0 Å². The molecule has 0 saturated carbocycles. The summed E-state index contributed by atoms with van der Waals surface area (Å²) in [4.78, 5) is 11.4. The third kappa shape index (κ3) is 2.26. The van der Waals surface area contributed by atoms with Crippen molar-refractivity contribution in [1.82, 2.24) is 15.0 Å². The van der Waals surface area contributed by atoms with E-state index in [4.69, 9.17) is 5.11 Å². The van der Waals surface area contributed by atoms with Gasteiger partial charge in [0.1, 0.15) is 6.10 Å². The summed E-state index contributed by atoms with van der Waals surface area (Å²) in [5, 5.41) is 27.4. The van der Waals surface area contributed by atoms with Crippen LogP contribution in [-0.2, 0) is 6.54 Å². The molecule has 16 heavy (non-hydrogen) atoms. The number of aliphatic hydroxyl groups excluding tert-OH is 1. The molecule has 0 spiro atoms. The number of aromatic carboxylic acids is 1. The van der Waals surface area contributed by atoms with Crippen molar-refractivity contribution in [2.45, 2.75) is 12.6 Å². The molecule has 0 radical (unpaired) electrons. The van der Waals surface area contributed by atoms with Gasteiger partial charge in [-0.15, -0.1) is 16.4 Å².